The van der Waals surface area contributed by atoms with E-state index in [1.54, 1.807) is 11.1 Å². The van der Waals surface area contributed by atoms with Crippen LogP contribution in [-0.2, 0) is 22.4 Å². The standard InChI is InChI=1S/C27H44O2/c1-21-19-24(13-9-7-8-11-15-26(4,5)6)23(3)25(22(21)2)14-10-12-16-27(17-18-27)29-20-28/h19-20H,7-18H2,1-6H3. The second-order valence-electron chi connectivity index (χ2n) is 10.7. The van der Waals surface area contributed by atoms with Crippen molar-refractivity contribution in [1.29, 1.82) is 0 Å². The van der Waals surface area contributed by atoms with Gasteiger partial charge in [-0.25, -0.2) is 0 Å². The Morgan fingerprint density at radius 2 is 1.59 bits per heavy atom. The summed E-state index contributed by atoms with van der Waals surface area (Å²) in [6.45, 7) is 14.5. The Bertz CT molecular complexity index is 662. The first-order valence-corrected chi connectivity index (χ1v) is 11.9. The van der Waals surface area contributed by atoms with Crippen LogP contribution in [-0.4, -0.2) is 12.1 Å². The largest absolute Gasteiger partial charge is 0.461 e. The van der Waals surface area contributed by atoms with E-state index in [0.29, 0.717) is 11.9 Å². The lowest BCUT2D eigenvalue weighted by Gasteiger charge is -2.19. The molecule has 0 aliphatic heterocycles. The maximum absolute atomic E-state index is 10.6. The lowest BCUT2D eigenvalue weighted by molar-refractivity contribution is -0.135. The highest BCUT2D eigenvalue weighted by atomic mass is 16.5. The van der Waals surface area contributed by atoms with Crippen LogP contribution in [0.3, 0.4) is 0 Å². The van der Waals surface area contributed by atoms with Gasteiger partial charge in [0.15, 0.2) is 0 Å². The third-order valence-electron chi connectivity index (χ3n) is 6.91. The fourth-order valence-corrected chi connectivity index (χ4v) is 4.57. The molecule has 164 valence electrons. The molecular weight excluding hydrogens is 356 g/mol. The van der Waals surface area contributed by atoms with Gasteiger partial charge in [0, 0.05) is 0 Å². The van der Waals surface area contributed by atoms with Crippen LogP contribution >= 0.6 is 0 Å². The average Bonchev–Trinajstić information content (AvgIpc) is 3.40. The second-order valence-corrected chi connectivity index (χ2v) is 10.7. The molecule has 1 aromatic rings. The van der Waals surface area contributed by atoms with E-state index >= 15 is 0 Å². The van der Waals surface area contributed by atoms with Crippen molar-refractivity contribution in [1.82, 2.24) is 0 Å². The smallest absolute Gasteiger partial charge is 0.293 e. The molecule has 1 aliphatic carbocycles. The molecule has 2 nitrogen and oxygen atoms in total. The van der Waals surface area contributed by atoms with E-state index in [1.165, 1.54) is 61.6 Å². The Labute approximate surface area is 179 Å². The SMILES string of the molecule is Cc1cc(CCCCCCC(C)(C)C)c(C)c(CCCCC2(OC=O)CC2)c1C. The van der Waals surface area contributed by atoms with Crippen LogP contribution in [0.4, 0.5) is 0 Å². The van der Waals surface area contributed by atoms with Gasteiger partial charge in [-0.2, -0.15) is 0 Å². The molecular formula is C27H44O2. The Balaban J connectivity index is 1.82. The summed E-state index contributed by atoms with van der Waals surface area (Å²) in [5.41, 5.74) is 7.93. The molecule has 2 heteroatoms. The molecule has 1 saturated carbocycles. The summed E-state index contributed by atoms with van der Waals surface area (Å²) < 4.78 is 5.29. The molecule has 0 amide bonds. The van der Waals surface area contributed by atoms with Crippen molar-refractivity contribution in [2.45, 2.75) is 124 Å². The van der Waals surface area contributed by atoms with Crippen molar-refractivity contribution in [3.8, 4) is 0 Å². The number of carbonyl (C=O) groups excluding carboxylic acids is 1. The third-order valence-corrected chi connectivity index (χ3v) is 6.91. The first kappa shape index (κ1) is 24.0. The van der Waals surface area contributed by atoms with Crippen LogP contribution in [0, 0.1) is 26.2 Å². The van der Waals surface area contributed by atoms with Gasteiger partial charge in [0.05, 0.1) is 0 Å². The van der Waals surface area contributed by atoms with Gasteiger partial charge in [0.1, 0.15) is 5.60 Å². The molecule has 29 heavy (non-hydrogen) atoms. The Hall–Kier alpha value is -1.31. The maximum Gasteiger partial charge on any atom is 0.293 e. The Kier molecular flexibility index (Phi) is 8.79. The zero-order chi connectivity index (χ0) is 21.5. The minimum Gasteiger partial charge on any atom is -0.461 e. The van der Waals surface area contributed by atoms with Crippen LogP contribution in [0.25, 0.3) is 0 Å². The zero-order valence-electron chi connectivity index (χ0n) is 20.0. The quantitative estimate of drug-likeness (QED) is 0.252. The highest BCUT2D eigenvalue weighted by Crippen LogP contribution is 2.43. The maximum atomic E-state index is 10.6. The molecule has 0 bridgehead atoms. The van der Waals surface area contributed by atoms with Crippen LogP contribution in [0.5, 0.6) is 0 Å². The number of benzene rings is 1. The Morgan fingerprint density at radius 1 is 0.931 bits per heavy atom. The van der Waals surface area contributed by atoms with Crippen LogP contribution in [0.1, 0.15) is 113 Å². The normalized spacial score (nSPS) is 15.4. The number of hydrogen-bond acceptors (Lipinski definition) is 2. The molecule has 0 spiro atoms. The summed E-state index contributed by atoms with van der Waals surface area (Å²) >= 11 is 0. The fraction of sp³-hybridized carbons (Fsp3) is 0.741. The highest BCUT2D eigenvalue weighted by molar-refractivity contribution is 5.44. The Morgan fingerprint density at radius 3 is 2.21 bits per heavy atom. The monoisotopic (exact) mass is 400 g/mol. The predicted octanol–water partition coefficient (Wildman–Crippen LogP) is 7.57. The van der Waals surface area contributed by atoms with Crippen LogP contribution < -0.4 is 0 Å². The van der Waals surface area contributed by atoms with Crippen molar-refractivity contribution in [2.75, 3.05) is 0 Å². The van der Waals surface area contributed by atoms with Crippen molar-refractivity contribution < 1.29 is 9.53 Å². The van der Waals surface area contributed by atoms with Gasteiger partial charge in [-0.15, -0.1) is 0 Å². The third kappa shape index (κ3) is 7.79. The number of hydrogen-bond donors (Lipinski definition) is 0. The fourth-order valence-electron chi connectivity index (χ4n) is 4.57. The van der Waals surface area contributed by atoms with Gasteiger partial charge in [-0.1, -0.05) is 46.1 Å². The molecule has 0 heterocycles. The topological polar surface area (TPSA) is 26.3 Å². The van der Waals surface area contributed by atoms with E-state index in [-0.39, 0.29) is 5.60 Å². The minimum atomic E-state index is -0.101. The van der Waals surface area contributed by atoms with E-state index in [4.69, 9.17) is 4.74 Å². The number of carbonyl (C=O) groups is 1. The van der Waals surface area contributed by atoms with Gasteiger partial charge in [0.25, 0.3) is 6.47 Å². The molecule has 0 saturated heterocycles. The number of unbranched alkanes of at least 4 members (excludes halogenated alkanes) is 4. The van der Waals surface area contributed by atoms with Gasteiger partial charge >= 0.3 is 0 Å². The zero-order valence-corrected chi connectivity index (χ0v) is 20.0. The van der Waals surface area contributed by atoms with Gasteiger partial charge in [0.2, 0.25) is 0 Å². The van der Waals surface area contributed by atoms with E-state index < -0.39 is 0 Å². The van der Waals surface area contributed by atoms with E-state index in [1.807, 2.05) is 0 Å². The van der Waals surface area contributed by atoms with Gasteiger partial charge < -0.3 is 4.74 Å². The summed E-state index contributed by atoms with van der Waals surface area (Å²) in [4.78, 5) is 10.6. The summed E-state index contributed by atoms with van der Waals surface area (Å²) in [5, 5.41) is 0. The molecule has 0 atom stereocenters. The van der Waals surface area contributed by atoms with E-state index in [0.717, 1.165) is 32.1 Å². The van der Waals surface area contributed by atoms with Crippen LogP contribution in [0.2, 0.25) is 0 Å². The van der Waals surface area contributed by atoms with Crippen molar-refractivity contribution >= 4 is 6.47 Å². The minimum absolute atomic E-state index is 0.101. The first-order valence-electron chi connectivity index (χ1n) is 11.9. The summed E-state index contributed by atoms with van der Waals surface area (Å²) in [5.74, 6) is 0. The molecule has 1 aromatic carbocycles. The lowest BCUT2D eigenvalue weighted by Crippen LogP contribution is -2.13. The molecule has 0 N–H and O–H groups in total. The second kappa shape index (κ2) is 10.6. The molecule has 1 aliphatic rings. The molecule has 0 aromatic heterocycles. The van der Waals surface area contributed by atoms with Gasteiger partial charge in [-0.05, 0) is 112 Å². The number of rotatable bonds is 13. The highest BCUT2D eigenvalue weighted by Gasteiger charge is 2.44. The van der Waals surface area contributed by atoms with E-state index in [9.17, 15) is 4.79 Å². The summed E-state index contributed by atoms with van der Waals surface area (Å²) in [6, 6.07) is 2.43. The average molecular weight is 401 g/mol. The molecule has 0 unspecified atom stereocenters. The number of aryl methyl sites for hydroxylation is 2. The van der Waals surface area contributed by atoms with Crippen LogP contribution in [0.15, 0.2) is 6.07 Å². The van der Waals surface area contributed by atoms with E-state index in [2.05, 4.69) is 47.6 Å². The predicted molar refractivity (Wildman–Crippen MR) is 124 cm³/mol. The first-order chi connectivity index (χ1) is 13.7. The number of ether oxygens (including phenoxy) is 1. The summed E-state index contributed by atoms with van der Waals surface area (Å²) in [6.07, 6.45) is 14.5. The summed E-state index contributed by atoms with van der Waals surface area (Å²) in [7, 11) is 0. The molecule has 1 fully saturated rings. The van der Waals surface area contributed by atoms with Gasteiger partial charge in [-0.3, -0.25) is 4.79 Å². The van der Waals surface area contributed by atoms with Crippen molar-refractivity contribution in [3.63, 3.8) is 0 Å². The lowest BCUT2D eigenvalue weighted by atomic mass is 9.87. The van der Waals surface area contributed by atoms with Crippen molar-refractivity contribution in [2.24, 2.45) is 5.41 Å². The molecule has 2 rings (SSSR count). The molecule has 0 radical (unpaired) electrons. The van der Waals surface area contributed by atoms with Crippen molar-refractivity contribution in [3.05, 3.63) is 33.9 Å².